The highest BCUT2D eigenvalue weighted by atomic mass is 19.4. The van der Waals surface area contributed by atoms with Crippen molar-refractivity contribution in [3.63, 3.8) is 0 Å². The lowest BCUT2D eigenvalue weighted by molar-refractivity contribution is -0.224. The van der Waals surface area contributed by atoms with Gasteiger partial charge in [0.15, 0.2) is 5.41 Å². The number of nitrogens with zero attached hydrogens (tertiary/aromatic N) is 3. The summed E-state index contributed by atoms with van der Waals surface area (Å²) in [5.41, 5.74) is -1.43. The minimum Gasteiger partial charge on any atom is -0.352 e. The second-order valence-corrected chi connectivity index (χ2v) is 9.31. The first kappa shape index (κ1) is 23.0. The molecule has 1 saturated carbocycles. The number of nitrogens with one attached hydrogen (secondary N) is 1. The average Bonchev–Trinajstić information content (AvgIpc) is 3.48. The number of hydrogen-bond donors (Lipinski definition) is 1. The van der Waals surface area contributed by atoms with Crippen LogP contribution in [0.3, 0.4) is 0 Å². The van der Waals surface area contributed by atoms with Crippen LogP contribution in [0.1, 0.15) is 31.7 Å². The number of halogens is 3. The van der Waals surface area contributed by atoms with E-state index in [9.17, 15) is 22.8 Å². The fraction of sp³-hybridized carbons (Fsp3) is 0.652. The Morgan fingerprint density at radius 3 is 2.34 bits per heavy atom. The summed E-state index contributed by atoms with van der Waals surface area (Å²) >= 11 is 0. The van der Waals surface area contributed by atoms with Crippen LogP contribution in [0.15, 0.2) is 30.3 Å². The van der Waals surface area contributed by atoms with Crippen LogP contribution in [0.2, 0.25) is 0 Å². The Morgan fingerprint density at radius 1 is 1.09 bits per heavy atom. The third-order valence-electron chi connectivity index (χ3n) is 7.00. The number of alkyl halides is 3. The third-order valence-corrected chi connectivity index (χ3v) is 7.00. The van der Waals surface area contributed by atoms with Crippen LogP contribution < -0.4 is 5.32 Å². The van der Waals surface area contributed by atoms with Gasteiger partial charge in [0, 0.05) is 45.3 Å². The van der Waals surface area contributed by atoms with E-state index >= 15 is 0 Å². The highest BCUT2D eigenvalue weighted by Gasteiger charge is 2.64. The number of piperazine rings is 1. The van der Waals surface area contributed by atoms with Crippen molar-refractivity contribution in [1.82, 2.24) is 20.0 Å². The number of carbonyl (C=O) groups excluding carboxylic acids is 2. The van der Waals surface area contributed by atoms with Crippen molar-refractivity contribution < 1.29 is 22.8 Å². The second-order valence-electron chi connectivity index (χ2n) is 9.31. The van der Waals surface area contributed by atoms with Crippen LogP contribution in [-0.2, 0) is 16.1 Å². The number of amides is 2. The van der Waals surface area contributed by atoms with Gasteiger partial charge >= 0.3 is 6.18 Å². The second kappa shape index (κ2) is 9.02. The van der Waals surface area contributed by atoms with Crippen molar-refractivity contribution >= 4 is 11.8 Å². The lowest BCUT2D eigenvalue weighted by atomic mass is 9.84. The van der Waals surface area contributed by atoms with Crippen LogP contribution in [0.5, 0.6) is 0 Å². The van der Waals surface area contributed by atoms with E-state index < -0.39 is 17.5 Å². The molecule has 2 aliphatic heterocycles. The summed E-state index contributed by atoms with van der Waals surface area (Å²) in [6, 6.07) is 9.27. The van der Waals surface area contributed by atoms with E-state index in [2.05, 4.69) is 5.32 Å². The maximum atomic E-state index is 14.2. The Labute approximate surface area is 186 Å². The SMILES string of the molecule is CC(C(=O)NC1CC1)N1CCN(C(=O)C2(C(F)(F)F)CCN(Cc3ccccc3)C2)CC1. The molecule has 32 heavy (non-hydrogen) atoms. The van der Waals surface area contributed by atoms with E-state index in [4.69, 9.17) is 0 Å². The molecule has 1 N–H and O–H groups in total. The van der Waals surface area contributed by atoms with Gasteiger partial charge < -0.3 is 10.2 Å². The van der Waals surface area contributed by atoms with Crippen LogP contribution in [-0.4, -0.2) is 84.0 Å². The zero-order valence-electron chi connectivity index (χ0n) is 18.4. The predicted molar refractivity (Wildman–Crippen MR) is 114 cm³/mol. The molecule has 9 heteroatoms. The summed E-state index contributed by atoms with van der Waals surface area (Å²) in [4.78, 5) is 30.5. The van der Waals surface area contributed by atoms with Gasteiger partial charge in [-0.1, -0.05) is 30.3 Å². The number of carbonyl (C=O) groups is 2. The quantitative estimate of drug-likeness (QED) is 0.720. The molecule has 176 valence electrons. The molecular weight excluding hydrogens is 421 g/mol. The van der Waals surface area contributed by atoms with Crippen molar-refractivity contribution in [3.05, 3.63) is 35.9 Å². The standard InChI is InChI=1S/C23H31F3N4O2/c1-17(20(31)27-19-7-8-19)29-11-13-30(14-12-29)21(32)22(23(24,25)26)9-10-28(16-22)15-18-5-3-2-4-6-18/h2-6,17,19H,7-16H2,1H3,(H,27,31). The van der Waals surface area contributed by atoms with E-state index in [1.165, 1.54) is 4.90 Å². The van der Waals surface area contributed by atoms with E-state index in [1.807, 2.05) is 42.2 Å². The summed E-state index contributed by atoms with van der Waals surface area (Å²) < 4.78 is 42.7. The third kappa shape index (κ3) is 4.78. The van der Waals surface area contributed by atoms with Gasteiger partial charge in [-0.25, -0.2) is 0 Å². The number of benzene rings is 1. The molecule has 2 heterocycles. The molecule has 0 radical (unpaired) electrons. The molecule has 1 aromatic rings. The highest BCUT2D eigenvalue weighted by Crippen LogP contribution is 2.47. The minimum absolute atomic E-state index is 0.0496. The van der Waals surface area contributed by atoms with Crippen molar-refractivity contribution in [2.24, 2.45) is 5.41 Å². The van der Waals surface area contributed by atoms with Gasteiger partial charge in [-0.3, -0.25) is 19.4 Å². The molecule has 3 aliphatic rings. The van der Waals surface area contributed by atoms with Gasteiger partial charge in [0.05, 0.1) is 6.04 Å². The van der Waals surface area contributed by atoms with E-state index in [1.54, 1.807) is 4.90 Å². The van der Waals surface area contributed by atoms with Crippen molar-refractivity contribution in [1.29, 1.82) is 0 Å². The first-order chi connectivity index (χ1) is 15.2. The van der Waals surface area contributed by atoms with Crippen molar-refractivity contribution in [3.8, 4) is 0 Å². The Bertz CT molecular complexity index is 822. The van der Waals surface area contributed by atoms with E-state index in [0.717, 1.165) is 18.4 Å². The first-order valence-corrected chi connectivity index (χ1v) is 11.4. The molecule has 3 fully saturated rings. The summed E-state index contributed by atoms with van der Waals surface area (Å²) in [5.74, 6) is -0.873. The topological polar surface area (TPSA) is 55.9 Å². The Morgan fingerprint density at radius 2 is 1.75 bits per heavy atom. The Kier molecular flexibility index (Phi) is 6.49. The molecule has 1 aromatic carbocycles. The molecule has 0 bridgehead atoms. The van der Waals surface area contributed by atoms with Gasteiger partial charge in [0.1, 0.15) is 0 Å². The van der Waals surface area contributed by atoms with Gasteiger partial charge in [-0.15, -0.1) is 0 Å². The molecule has 6 nitrogen and oxygen atoms in total. The fourth-order valence-electron chi connectivity index (χ4n) is 4.72. The smallest absolute Gasteiger partial charge is 0.352 e. The van der Waals surface area contributed by atoms with E-state index in [-0.39, 0.29) is 50.6 Å². The van der Waals surface area contributed by atoms with Crippen molar-refractivity contribution in [2.45, 2.75) is 51.0 Å². The predicted octanol–water partition coefficient (Wildman–Crippen LogP) is 2.25. The maximum absolute atomic E-state index is 14.2. The molecule has 2 saturated heterocycles. The van der Waals surface area contributed by atoms with Gasteiger partial charge in [-0.2, -0.15) is 13.2 Å². The van der Waals surface area contributed by atoms with Gasteiger partial charge in [0.25, 0.3) is 0 Å². The first-order valence-electron chi connectivity index (χ1n) is 11.4. The largest absolute Gasteiger partial charge is 0.404 e. The summed E-state index contributed by atoms with van der Waals surface area (Å²) in [5, 5.41) is 2.96. The molecule has 2 amide bonds. The number of rotatable bonds is 6. The molecule has 2 atom stereocenters. The van der Waals surface area contributed by atoms with E-state index in [0.29, 0.717) is 19.6 Å². The Balaban J connectivity index is 1.38. The fourth-order valence-corrected chi connectivity index (χ4v) is 4.72. The zero-order chi connectivity index (χ0) is 22.9. The van der Waals surface area contributed by atoms with Crippen LogP contribution >= 0.6 is 0 Å². The number of hydrogen-bond acceptors (Lipinski definition) is 4. The molecule has 0 spiro atoms. The lowest BCUT2D eigenvalue weighted by Gasteiger charge is -2.41. The van der Waals surface area contributed by atoms with Gasteiger partial charge in [0.2, 0.25) is 11.8 Å². The average molecular weight is 453 g/mol. The maximum Gasteiger partial charge on any atom is 0.404 e. The molecule has 0 aromatic heterocycles. The Hall–Kier alpha value is -2.13. The molecule has 1 aliphatic carbocycles. The highest BCUT2D eigenvalue weighted by molar-refractivity contribution is 5.85. The normalized spacial score (nSPS) is 26.2. The summed E-state index contributed by atoms with van der Waals surface area (Å²) in [6.07, 6.45) is -2.82. The lowest BCUT2D eigenvalue weighted by Crippen LogP contribution is -2.60. The molecule has 4 rings (SSSR count). The summed E-state index contributed by atoms with van der Waals surface area (Å²) in [7, 11) is 0. The van der Waals surface area contributed by atoms with Crippen LogP contribution in [0, 0.1) is 5.41 Å². The molecule has 2 unspecified atom stereocenters. The number of likely N-dealkylation sites (tertiary alicyclic amines) is 1. The minimum atomic E-state index is -4.61. The van der Waals surface area contributed by atoms with Crippen molar-refractivity contribution in [2.75, 3.05) is 39.3 Å². The van der Waals surface area contributed by atoms with Crippen LogP contribution in [0.4, 0.5) is 13.2 Å². The summed E-state index contributed by atoms with van der Waals surface area (Å²) in [6.45, 7) is 3.33. The monoisotopic (exact) mass is 452 g/mol. The zero-order valence-corrected chi connectivity index (χ0v) is 18.4. The van der Waals surface area contributed by atoms with Gasteiger partial charge in [-0.05, 0) is 38.3 Å². The molecular formula is C23H31F3N4O2. The van der Waals surface area contributed by atoms with Crippen LogP contribution in [0.25, 0.3) is 0 Å².